The second kappa shape index (κ2) is 10.4. The van der Waals surface area contributed by atoms with E-state index in [9.17, 15) is 13.2 Å². The van der Waals surface area contributed by atoms with Gasteiger partial charge >= 0.3 is 0 Å². The number of ether oxygens (including phenoxy) is 1. The van der Waals surface area contributed by atoms with E-state index in [1.807, 2.05) is 32.0 Å². The first-order valence-corrected chi connectivity index (χ1v) is 12.1. The maximum atomic E-state index is 12.8. The third kappa shape index (κ3) is 6.03. The summed E-state index contributed by atoms with van der Waals surface area (Å²) in [4.78, 5) is 12.8. The quantitative estimate of drug-likeness (QED) is 0.550. The van der Waals surface area contributed by atoms with Crippen molar-refractivity contribution in [3.05, 3.63) is 57.6 Å². The molecule has 0 aromatic heterocycles. The van der Waals surface area contributed by atoms with Crippen LogP contribution in [0.3, 0.4) is 0 Å². The number of carbonyl (C=O) groups is 1. The van der Waals surface area contributed by atoms with Crippen LogP contribution < -0.4 is 14.4 Å². The standard InChI is InChI=1S/C21H26Cl2N2O4S/c1-5-18(25(30(4,27)28)19-13-16(22)9-10-17(19)23)21(26)24-11-12-29-20-8-6-7-14(2)15(20)3/h6-10,13,18H,5,11-12H2,1-4H3,(H,24,26)/t18-/m1/s1. The molecular formula is C21H26Cl2N2O4S. The van der Waals surface area contributed by atoms with E-state index in [1.165, 1.54) is 12.1 Å². The van der Waals surface area contributed by atoms with Gasteiger partial charge in [0.25, 0.3) is 0 Å². The molecule has 1 amide bonds. The molecule has 164 valence electrons. The van der Waals surface area contributed by atoms with Crippen molar-refractivity contribution in [3.63, 3.8) is 0 Å². The minimum Gasteiger partial charge on any atom is -0.491 e. The number of benzene rings is 2. The molecule has 1 N–H and O–H groups in total. The Bertz CT molecular complexity index is 1010. The number of anilines is 1. The molecule has 2 aromatic rings. The SMILES string of the molecule is CC[C@H](C(=O)NCCOc1cccc(C)c1C)N(c1cc(Cl)ccc1Cl)S(C)(=O)=O. The number of carbonyl (C=O) groups excluding carboxylic acids is 1. The van der Waals surface area contributed by atoms with E-state index in [0.29, 0.717) is 5.02 Å². The van der Waals surface area contributed by atoms with E-state index < -0.39 is 22.0 Å². The molecule has 0 unspecified atom stereocenters. The third-order valence-corrected chi connectivity index (χ3v) is 6.41. The Kier molecular flexibility index (Phi) is 8.41. The second-order valence-electron chi connectivity index (χ2n) is 6.92. The van der Waals surface area contributed by atoms with Gasteiger partial charge in [0.15, 0.2) is 0 Å². The van der Waals surface area contributed by atoms with Gasteiger partial charge in [-0.3, -0.25) is 9.10 Å². The Balaban J connectivity index is 2.12. The third-order valence-electron chi connectivity index (χ3n) is 4.69. The summed E-state index contributed by atoms with van der Waals surface area (Å²) in [6.07, 6.45) is 1.28. The van der Waals surface area contributed by atoms with E-state index in [0.717, 1.165) is 27.4 Å². The van der Waals surface area contributed by atoms with Gasteiger partial charge in [0.2, 0.25) is 15.9 Å². The molecule has 2 aromatic carbocycles. The Morgan fingerprint density at radius 3 is 2.53 bits per heavy atom. The number of sulfonamides is 1. The molecule has 0 fully saturated rings. The highest BCUT2D eigenvalue weighted by atomic mass is 35.5. The summed E-state index contributed by atoms with van der Waals surface area (Å²) in [5.41, 5.74) is 2.32. The summed E-state index contributed by atoms with van der Waals surface area (Å²) < 4.78 is 31.8. The minimum atomic E-state index is -3.80. The number of rotatable bonds is 9. The van der Waals surface area contributed by atoms with E-state index in [1.54, 1.807) is 13.0 Å². The number of amides is 1. The molecule has 0 bridgehead atoms. The molecular weight excluding hydrogens is 447 g/mol. The van der Waals surface area contributed by atoms with Crippen molar-refractivity contribution in [1.29, 1.82) is 0 Å². The monoisotopic (exact) mass is 472 g/mol. The van der Waals surface area contributed by atoms with Gasteiger partial charge in [0.1, 0.15) is 18.4 Å². The summed E-state index contributed by atoms with van der Waals surface area (Å²) >= 11 is 12.2. The lowest BCUT2D eigenvalue weighted by molar-refractivity contribution is -0.122. The first kappa shape index (κ1) is 24.3. The molecule has 0 saturated carbocycles. The number of halogens is 2. The van der Waals surface area contributed by atoms with E-state index >= 15 is 0 Å². The first-order valence-electron chi connectivity index (χ1n) is 9.47. The average molecular weight is 473 g/mol. The maximum absolute atomic E-state index is 12.8. The molecule has 1 atom stereocenters. The number of nitrogens with one attached hydrogen (secondary N) is 1. The summed E-state index contributed by atoms with van der Waals surface area (Å²) in [5, 5.41) is 3.26. The molecule has 9 heteroatoms. The zero-order valence-corrected chi connectivity index (χ0v) is 19.7. The Hall–Kier alpha value is -1.96. The first-order chi connectivity index (χ1) is 14.1. The lowest BCUT2D eigenvalue weighted by Crippen LogP contribution is -2.50. The smallest absolute Gasteiger partial charge is 0.244 e. The summed E-state index contributed by atoms with van der Waals surface area (Å²) in [6, 6.07) is 9.28. The molecule has 30 heavy (non-hydrogen) atoms. The van der Waals surface area contributed by atoms with Crippen molar-refractivity contribution in [2.45, 2.75) is 33.2 Å². The van der Waals surface area contributed by atoms with Gasteiger partial charge in [-0.05, 0) is 55.7 Å². The fourth-order valence-corrected chi connectivity index (χ4v) is 4.66. The second-order valence-corrected chi connectivity index (χ2v) is 9.62. The van der Waals surface area contributed by atoms with Gasteiger partial charge in [-0.1, -0.05) is 42.3 Å². The molecule has 2 rings (SSSR count). The number of hydrogen-bond acceptors (Lipinski definition) is 4. The van der Waals surface area contributed by atoms with Gasteiger partial charge in [-0.15, -0.1) is 0 Å². The predicted octanol–water partition coefficient (Wildman–Crippen LogP) is 4.35. The van der Waals surface area contributed by atoms with Gasteiger partial charge < -0.3 is 10.1 Å². The zero-order valence-electron chi connectivity index (χ0n) is 17.4. The lowest BCUT2D eigenvalue weighted by Gasteiger charge is -2.30. The number of aryl methyl sites for hydroxylation is 1. The highest BCUT2D eigenvalue weighted by Gasteiger charge is 2.32. The van der Waals surface area contributed by atoms with Crippen LogP contribution in [-0.2, 0) is 14.8 Å². The molecule has 0 aliphatic rings. The fraction of sp³-hybridized carbons (Fsp3) is 0.381. The molecule has 0 heterocycles. The summed E-state index contributed by atoms with van der Waals surface area (Å²) in [5.74, 6) is 0.309. The van der Waals surface area contributed by atoms with E-state index in [2.05, 4.69) is 5.32 Å². The van der Waals surface area contributed by atoms with Crippen molar-refractivity contribution < 1.29 is 17.9 Å². The Morgan fingerprint density at radius 1 is 1.20 bits per heavy atom. The van der Waals surface area contributed by atoms with Crippen molar-refractivity contribution in [2.75, 3.05) is 23.7 Å². The van der Waals surface area contributed by atoms with Crippen LogP contribution in [0.15, 0.2) is 36.4 Å². The normalized spacial score (nSPS) is 12.3. The van der Waals surface area contributed by atoms with Gasteiger partial charge in [-0.2, -0.15) is 0 Å². The maximum Gasteiger partial charge on any atom is 0.244 e. The molecule has 0 saturated heterocycles. The van der Waals surface area contributed by atoms with Crippen LogP contribution in [0.1, 0.15) is 24.5 Å². The van der Waals surface area contributed by atoms with Crippen molar-refractivity contribution in [1.82, 2.24) is 5.32 Å². The van der Waals surface area contributed by atoms with Crippen LogP contribution in [0.2, 0.25) is 10.0 Å². The molecule has 0 spiro atoms. The number of hydrogen-bond donors (Lipinski definition) is 1. The lowest BCUT2D eigenvalue weighted by atomic mass is 10.1. The van der Waals surface area contributed by atoms with Gasteiger partial charge in [-0.25, -0.2) is 8.42 Å². The average Bonchev–Trinajstić information content (AvgIpc) is 2.67. The van der Waals surface area contributed by atoms with E-state index in [4.69, 9.17) is 27.9 Å². The largest absolute Gasteiger partial charge is 0.491 e. The van der Waals surface area contributed by atoms with Crippen LogP contribution in [0, 0.1) is 13.8 Å². The van der Waals surface area contributed by atoms with Gasteiger partial charge in [0.05, 0.1) is 23.5 Å². The van der Waals surface area contributed by atoms with Crippen LogP contribution in [0.25, 0.3) is 0 Å². The highest BCUT2D eigenvalue weighted by Crippen LogP contribution is 2.32. The minimum absolute atomic E-state index is 0.167. The zero-order chi connectivity index (χ0) is 22.5. The van der Waals surface area contributed by atoms with Crippen LogP contribution in [-0.4, -0.2) is 39.8 Å². The van der Waals surface area contributed by atoms with Crippen LogP contribution >= 0.6 is 23.2 Å². The topological polar surface area (TPSA) is 75.7 Å². The molecule has 6 nitrogen and oxygen atoms in total. The van der Waals surface area contributed by atoms with Crippen molar-refractivity contribution in [2.24, 2.45) is 0 Å². The molecule has 0 aliphatic carbocycles. The van der Waals surface area contributed by atoms with Crippen molar-refractivity contribution >= 4 is 44.8 Å². The van der Waals surface area contributed by atoms with Crippen LogP contribution in [0.5, 0.6) is 5.75 Å². The van der Waals surface area contributed by atoms with Gasteiger partial charge in [0, 0.05) is 5.02 Å². The molecule has 0 radical (unpaired) electrons. The Morgan fingerprint density at radius 2 is 1.90 bits per heavy atom. The Labute approximate surface area is 188 Å². The van der Waals surface area contributed by atoms with Crippen LogP contribution in [0.4, 0.5) is 5.69 Å². The summed E-state index contributed by atoms with van der Waals surface area (Å²) in [7, 11) is -3.80. The summed E-state index contributed by atoms with van der Waals surface area (Å²) in [6.45, 7) is 6.17. The number of nitrogens with zero attached hydrogens (tertiary/aromatic N) is 1. The predicted molar refractivity (Wildman–Crippen MR) is 122 cm³/mol. The van der Waals surface area contributed by atoms with Crippen molar-refractivity contribution in [3.8, 4) is 5.75 Å². The molecule has 0 aliphatic heterocycles. The fourth-order valence-electron chi connectivity index (χ4n) is 3.02. The van der Waals surface area contributed by atoms with E-state index in [-0.39, 0.29) is 30.3 Å². The highest BCUT2D eigenvalue weighted by molar-refractivity contribution is 7.92.